The van der Waals surface area contributed by atoms with E-state index in [-0.39, 0.29) is 30.6 Å². The van der Waals surface area contributed by atoms with Gasteiger partial charge >= 0.3 is 0 Å². The molecule has 1 saturated heterocycles. The first-order valence-corrected chi connectivity index (χ1v) is 12.0. The van der Waals surface area contributed by atoms with Crippen LogP contribution < -0.4 is 5.32 Å². The van der Waals surface area contributed by atoms with Gasteiger partial charge in [-0.15, -0.1) is 0 Å². The monoisotopic (exact) mass is 489 g/mol. The highest BCUT2D eigenvalue weighted by molar-refractivity contribution is 5.93. The van der Waals surface area contributed by atoms with Gasteiger partial charge < -0.3 is 24.4 Å². The number of rotatable bonds is 8. The smallest absolute Gasteiger partial charge is 0.246 e. The zero-order valence-corrected chi connectivity index (χ0v) is 20.6. The number of ether oxygens (including phenoxy) is 1. The highest BCUT2D eigenvalue weighted by Crippen LogP contribution is 2.19. The zero-order valence-electron chi connectivity index (χ0n) is 20.6. The summed E-state index contributed by atoms with van der Waals surface area (Å²) in [4.78, 5) is 44.6. The van der Waals surface area contributed by atoms with Gasteiger partial charge in [0.25, 0.3) is 0 Å². The normalized spacial score (nSPS) is 13.8. The Morgan fingerprint density at radius 1 is 1.11 bits per heavy atom. The van der Waals surface area contributed by atoms with Crippen molar-refractivity contribution in [3.8, 4) is 0 Å². The van der Waals surface area contributed by atoms with Crippen molar-refractivity contribution >= 4 is 40.5 Å². The molecular formula is C27H31N5O4. The highest BCUT2D eigenvalue weighted by atomic mass is 16.5. The van der Waals surface area contributed by atoms with E-state index < -0.39 is 0 Å². The first-order chi connectivity index (χ1) is 17.4. The first kappa shape index (κ1) is 25.1. The molecule has 36 heavy (non-hydrogen) atoms. The molecule has 3 amide bonds. The summed E-state index contributed by atoms with van der Waals surface area (Å²) in [5.74, 6) is -0.0350. The third-order valence-electron chi connectivity index (χ3n) is 6.23. The fourth-order valence-corrected chi connectivity index (χ4v) is 4.09. The number of para-hydroxylation sites is 1. The number of fused-ring (bicyclic) bond motifs is 1. The first-order valence-electron chi connectivity index (χ1n) is 12.0. The van der Waals surface area contributed by atoms with Crippen LogP contribution in [0.5, 0.6) is 0 Å². The SMILES string of the molecule is CN(Cc1cc2ccccc2n1C)C(=O)/C=C/c1ccc(NC(=O)CCC(=O)N2CCOCC2)nc1. The van der Waals surface area contributed by atoms with Crippen molar-refractivity contribution < 1.29 is 19.1 Å². The van der Waals surface area contributed by atoms with Crippen molar-refractivity contribution in [2.75, 3.05) is 38.7 Å². The van der Waals surface area contributed by atoms with Crippen LogP contribution in [0.25, 0.3) is 17.0 Å². The molecule has 2 aromatic heterocycles. The Hall–Kier alpha value is -3.98. The second kappa shape index (κ2) is 11.6. The number of likely N-dealkylation sites (N-methyl/N-ethyl adjacent to an activating group) is 1. The number of amides is 3. The number of hydrogen-bond acceptors (Lipinski definition) is 5. The van der Waals surface area contributed by atoms with E-state index in [2.05, 4.69) is 33.1 Å². The Labute approximate surface area is 210 Å². The van der Waals surface area contributed by atoms with E-state index in [1.165, 1.54) is 6.08 Å². The molecule has 1 aliphatic heterocycles. The maximum absolute atomic E-state index is 12.6. The van der Waals surface area contributed by atoms with Gasteiger partial charge in [-0.2, -0.15) is 0 Å². The van der Waals surface area contributed by atoms with Gasteiger partial charge in [0.2, 0.25) is 17.7 Å². The third-order valence-corrected chi connectivity index (χ3v) is 6.23. The van der Waals surface area contributed by atoms with Crippen LogP contribution in [0, 0.1) is 0 Å². The minimum atomic E-state index is -0.266. The summed E-state index contributed by atoms with van der Waals surface area (Å²) in [6.07, 6.45) is 5.04. The number of aryl methyl sites for hydroxylation is 1. The minimum Gasteiger partial charge on any atom is -0.378 e. The maximum Gasteiger partial charge on any atom is 0.246 e. The summed E-state index contributed by atoms with van der Waals surface area (Å²) in [7, 11) is 3.77. The second-order valence-corrected chi connectivity index (χ2v) is 8.80. The second-order valence-electron chi connectivity index (χ2n) is 8.80. The minimum absolute atomic E-state index is 0.0445. The molecule has 0 atom stereocenters. The topological polar surface area (TPSA) is 96.8 Å². The van der Waals surface area contributed by atoms with Gasteiger partial charge in [0.1, 0.15) is 5.82 Å². The van der Waals surface area contributed by atoms with Gasteiger partial charge in [-0.3, -0.25) is 14.4 Å². The molecule has 1 N–H and O–H groups in total. The van der Waals surface area contributed by atoms with E-state index in [1.807, 2.05) is 19.2 Å². The van der Waals surface area contributed by atoms with Gasteiger partial charge in [0.15, 0.2) is 0 Å². The number of carbonyl (C=O) groups excluding carboxylic acids is 3. The highest BCUT2D eigenvalue weighted by Gasteiger charge is 2.17. The summed E-state index contributed by atoms with van der Waals surface area (Å²) in [6, 6.07) is 13.7. The standard InChI is InChI=1S/C27H31N5O4/c1-30(19-22-17-21-5-3-4-6-23(21)31(22)2)26(34)11-8-20-7-9-24(28-18-20)29-25(33)10-12-27(35)32-13-15-36-16-14-32/h3-9,11,17-18H,10,12-16,19H2,1-2H3,(H,28,29,33)/b11-8+. The van der Waals surface area contributed by atoms with Crippen molar-refractivity contribution in [3.05, 3.63) is 66.0 Å². The Morgan fingerprint density at radius 3 is 2.61 bits per heavy atom. The summed E-state index contributed by atoms with van der Waals surface area (Å²) < 4.78 is 7.33. The predicted molar refractivity (Wildman–Crippen MR) is 138 cm³/mol. The summed E-state index contributed by atoms with van der Waals surface area (Å²) in [5.41, 5.74) is 2.92. The molecule has 4 rings (SSSR count). The van der Waals surface area contributed by atoms with Gasteiger partial charge in [0, 0.05) is 63.5 Å². The fraction of sp³-hybridized carbons (Fsp3) is 0.333. The van der Waals surface area contributed by atoms with Crippen molar-refractivity contribution in [1.82, 2.24) is 19.4 Å². The molecule has 1 aromatic carbocycles. The molecule has 3 heterocycles. The Kier molecular flexibility index (Phi) is 8.12. The lowest BCUT2D eigenvalue weighted by Gasteiger charge is -2.26. The number of hydrogen-bond donors (Lipinski definition) is 1. The lowest BCUT2D eigenvalue weighted by Crippen LogP contribution is -2.40. The molecule has 0 aliphatic carbocycles. The van der Waals surface area contributed by atoms with Crippen LogP contribution in [0.15, 0.2) is 54.7 Å². The van der Waals surface area contributed by atoms with Crippen molar-refractivity contribution in [2.24, 2.45) is 7.05 Å². The van der Waals surface area contributed by atoms with Crippen LogP contribution in [0.3, 0.4) is 0 Å². The van der Waals surface area contributed by atoms with E-state index in [4.69, 9.17) is 4.74 Å². The van der Waals surface area contributed by atoms with Gasteiger partial charge in [0.05, 0.1) is 19.8 Å². The van der Waals surface area contributed by atoms with E-state index >= 15 is 0 Å². The molecule has 0 radical (unpaired) electrons. The van der Waals surface area contributed by atoms with Crippen LogP contribution in [-0.4, -0.2) is 70.4 Å². The molecule has 0 unspecified atom stereocenters. The van der Waals surface area contributed by atoms with Gasteiger partial charge in [-0.25, -0.2) is 4.98 Å². The van der Waals surface area contributed by atoms with Crippen LogP contribution in [0.2, 0.25) is 0 Å². The fourth-order valence-electron chi connectivity index (χ4n) is 4.09. The number of pyridine rings is 1. The molecule has 9 nitrogen and oxygen atoms in total. The van der Waals surface area contributed by atoms with E-state index in [9.17, 15) is 14.4 Å². The third kappa shape index (κ3) is 6.37. The van der Waals surface area contributed by atoms with Crippen LogP contribution in [0.1, 0.15) is 24.1 Å². The summed E-state index contributed by atoms with van der Waals surface area (Å²) >= 11 is 0. The number of benzene rings is 1. The molecule has 3 aromatic rings. The van der Waals surface area contributed by atoms with Crippen LogP contribution in [-0.2, 0) is 32.7 Å². The zero-order chi connectivity index (χ0) is 25.5. The maximum atomic E-state index is 12.6. The van der Waals surface area contributed by atoms with Crippen molar-refractivity contribution in [3.63, 3.8) is 0 Å². The number of morpholine rings is 1. The Balaban J connectivity index is 1.25. The summed E-state index contributed by atoms with van der Waals surface area (Å²) in [6.45, 7) is 2.70. The van der Waals surface area contributed by atoms with Crippen LogP contribution >= 0.6 is 0 Å². The van der Waals surface area contributed by atoms with Gasteiger partial charge in [-0.1, -0.05) is 18.2 Å². The number of anilines is 1. The largest absolute Gasteiger partial charge is 0.378 e. The number of nitrogens with one attached hydrogen (secondary N) is 1. The molecule has 0 spiro atoms. The Bertz CT molecular complexity index is 1260. The average Bonchev–Trinajstić information content (AvgIpc) is 3.22. The Morgan fingerprint density at radius 2 is 1.89 bits per heavy atom. The molecule has 188 valence electrons. The quantitative estimate of drug-likeness (QED) is 0.491. The van der Waals surface area contributed by atoms with Gasteiger partial charge in [-0.05, 0) is 41.3 Å². The van der Waals surface area contributed by atoms with Crippen LogP contribution in [0.4, 0.5) is 5.82 Å². The van der Waals surface area contributed by atoms with E-state index in [0.29, 0.717) is 38.7 Å². The van der Waals surface area contributed by atoms with E-state index in [1.54, 1.807) is 41.3 Å². The molecule has 9 heteroatoms. The summed E-state index contributed by atoms with van der Waals surface area (Å²) in [5, 5.41) is 3.85. The van der Waals surface area contributed by atoms with Crippen molar-refractivity contribution in [2.45, 2.75) is 19.4 Å². The number of nitrogens with zero attached hydrogens (tertiary/aromatic N) is 4. The molecular weight excluding hydrogens is 458 g/mol. The number of aromatic nitrogens is 2. The molecule has 0 bridgehead atoms. The average molecular weight is 490 g/mol. The molecule has 1 fully saturated rings. The molecule has 1 aliphatic rings. The number of carbonyl (C=O) groups is 3. The van der Waals surface area contributed by atoms with Crippen molar-refractivity contribution in [1.29, 1.82) is 0 Å². The lowest BCUT2D eigenvalue weighted by atomic mass is 10.2. The van der Waals surface area contributed by atoms with E-state index in [0.717, 1.165) is 22.2 Å². The predicted octanol–water partition coefficient (Wildman–Crippen LogP) is 2.82. The molecule has 0 saturated carbocycles. The lowest BCUT2D eigenvalue weighted by molar-refractivity contribution is -0.136.